The Morgan fingerprint density at radius 2 is 2.29 bits per heavy atom. The van der Waals surface area contributed by atoms with Gasteiger partial charge >= 0.3 is 0 Å². The Balaban J connectivity index is 2.15. The van der Waals surface area contributed by atoms with Crippen LogP contribution in [0.2, 0.25) is 0 Å². The van der Waals surface area contributed by atoms with Gasteiger partial charge in [0.2, 0.25) is 0 Å². The van der Waals surface area contributed by atoms with E-state index in [0.717, 1.165) is 25.9 Å². The van der Waals surface area contributed by atoms with Crippen LogP contribution in [0.15, 0.2) is 12.2 Å². The lowest BCUT2D eigenvalue weighted by Gasteiger charge is -2.39. The van der Waals surface area contributed by atoms with Gasteiger partial charge in [0.1, 0.15) is 0 Å². The molecule has 2 heterocycles. The molecule has 0 unspecified atom stereocenters. The minimum Gasteiger partial charge on any atom is -0.317 e. The highest BCUT2D eigenvalue weighted by atomic mass is 16.7. The zero-order valence-electron chi connectivity index (χ0n) is 8.45. The van der Waals surface area contributed by atoms with Gasteiger partial charge in [-0.1, -0.05) is 6.08 Å². The van der Waals surface area contributed by atoms with Gasteiger partial charge in [-0.2, -0.15) is 0 Å². The van der Waals surface area contributed by atoms with Crippen LogP contribution < -0.4 is 5.32 Å². The van der Waals surface area contributed by atoms with Crippen molar-refractivity contribution in [2.75, 3.05) is 19.7 Å². The highest BCUT2D eigenvalue weighted by Crippen LogP contribution is 2.32. The van der Waals surface area contributed by atoms with Gasteiger partial charge in [-0.05, 0) is 32.9 Å². The van der Waals surface area contributed by atoms with E-state index in [1.165, 1.54) is 0 Å². The quantitative estimate of drug-likeness (QED) is 0.697. The number of hydrogen-bond acceptors (Lipinski definition) is 3. The molecule has 0 saturated carbocycles. The standard InChI is InChI=1S/C10H16N2O2/c1-2-14-12-9(13)3-4-10(12)5-7-11-8-6-10/h3-4,11H,2,5-8H2,1H3. The summed E-state index contributed by atoms with van der Waals surface area (Å²) in [6.07, 6.45) is 5.50. The summed E-state index contributed by atoms with van der Waals surface area (Å²) >= 11 is 0. The summed E-state index contributed by atoms with van der Waals surface area (Å²) in [5.74, 6) is -0.0197. The van der Waals surface area contributed by atoms with Crippen molar-refractivity contribution in [2.45, 2.75) is 25.3 Å². The van der Waals surface area contributed by atoms with Crippen molar-refractivity contribution in [1.29, 1.82) is 0 Å². The largest absolute Gasteiger partial charge is 0.317 e. The van der Waals surface area contributed by atoms with Crippen molar-refractivity contribution >= 4 is 5.91 Å². The van der Waals surface area contributed by atoms with E-state index in [1.54, 1.807) is 11.1 Å². The van der Waals surface area contributed by atoms with Gasteiger partial charge in [-0.15, -0.1) is 0 Å². The lowest BCUT2D eigenvalue weighted by molar-refractivity contribution is -0.206. The van der Waals surface area contributed by atoms with Gasteiger partial charge in [0.15, 0.2) is 0 Å². The van der Waals surface area contributed by atoms with Gasteiger partial charge in [0.05, 0.1) is 12.1 Å². The second kappa shape index (κ2) is 3.71. The van der Waals surface area contributed by atoms with Crippen molar-refractivity contribution < 1.29 is 9.63 Å². The molecule has 1 saturated heterocycles. The Morgan fingerprint density at radius 1 is 1.57 bits per heavy atom. The number of nitrogens with one attached hydrogen (secondary N) is 1. The van der Waals surface area contributed by atoms with E-state index in [0.29, 0.717) is 6.61 Å². The third-order valence-corrected chi connectivity index (χ3v) is 2.87. The molecular formula is C10H16N2O2. The molecule has 0 aromatic carbocycles. The summed E-state index contributed by atoms with van der Waals surface area (Å²) in [4.78, 5) is 16.9. The Kier molecular flexibility index (Phi) is 2.56. The van der Waals surface area contributed by atoms with Crippen LogP contribution in [-0.2, 0) is 9.63 Å². The number of hydrogen-bond donors (Lipinski definition) is 1. The van der Waals surface area contributed by atoms with Gasteiger partial charge in [0, 0.05) is 6.08 Å². The minimum absolute atomic E-state index is 0.0197. The average Bonchev–Trinajstić information content (AvgIpc) is 2.49. The zero-order chi connectivity index (χ0) is 10.0. The number of carbonyl (C=O) groups is 1. The van der Waals surface area contributed by atoms with Crippen LogP contribution in [0.5, 0.6) is 0 Å². The Morgan fingerprint density at radius 3 is 2.93 bits per heavy atom. The average molecular weight is 196 g/mol. The summed E-state index contributed by atoms with van der Waals surface area (Å²) < 4.78 is 0. The van der Waals surface area contributed by atoms with Crippen LogP contribution in [0.1, 0.15) is 19.8 Å². The molecule has 2 aliphatic heterocycles. The molecule has 0 atom stereocenters. The summed E-state index contributed by atoms with van der Waals surface area (Å²) in [5, 5.41) is 4.84. The molecular weight excluding hydrogens is 180 g/mol. The fourth-order valence-electron chi connectivity index (χ4n) is 2.13. The predicted octanol–water partition coefficient (Wildman–Crippen LogP) is 0.458. The normalized spacial score (nSPS) is 24.9. The van der Waals surface area contributed by atoms with Crippen molar-refractivity contribution in [3.8, 4) is 0 Å². The first-order valence-electron chi connectivity index (χ1n) is 5.15. The number of nitrogens with zero attached hydrogens (tertiary/aromatic N) is 1. The van der Waals surface area contributed by atoms with Gasteiger partial charge in [-0.3, -0.25) is 9.63 Å². The lowest BCUT2D eigenvalue weighted by atomic mass is 9.89. The topological polar surface area (TPSA) is 41.6 Å². The first-order chi connectivity index (χ1) is 6.78. The van der Waals surface area contributed by atoms with Crippen molar-refractivity contribution in [3.05, 3.63) is 12.2 Å². The van der Waals surface area contributed by atoms with E-state index in [-0.39, 0.29) is 11.4 Å². The molecule has 1 fully saturated rings. The Labute approximate surface area is 83.9 Å². The summed E-state index contributed by atoms with van der Waals surface area (Å²) in [7, 11) is 0. The fourth-order valence-corrected chi connectivity index (χ4v) is 2.13. The van der Waals surface area contributed by atoms with Crippen LogP contribution in [0.4, 0.5) is 0 Å². The van der Waals surface area contributed by atoms with E-state index in [9.17, 15) is 4.79 Å². The maximum absolute atomic E-state index is 11.5. The predicted molar refractivity (Wildman–Crippen MR) is 52.4 cm³/mol. The molecule has 0 radical (unpaired) electrons. The summed E-state index contributed by atoms with van der Waals surface area (Å²) in [6.45, 7) is 4.34. The van der Waals surface area contributed by atoms with E-state index >= 15 is 0 Å². The molecule has 2 aliphatic rings. The molecule has 4 nitrogen and oxygen atoms in total. The van der Waals surface area contributed by atoms with Crippen molar-refractivity contribution in [2.24, 2.45) is 0 Å². The van der Waals surface area contributed by atoms with E-state index in [2.05, 4.69) is 5.32 Å². The third kappa shape index (κ3) is 1.44. The fraction of sp³-hybridized carbons (Fsp3) is 0.700. The van der Waals surface area contributed by atoms with E-state index < -0.39 is 0 Å². The molecule has 78 valence electrons. The van der Waals surface area contributed by atoms with Gasteiger partial charge in [-0.25, -0.2) is 5.06 Å². The molecule has 0 aromatic heterocycles. The van der Waals surface area contributed by atoms with Crippen LogP contribution >= 0.6 is 0 Å². The van der Waals surface area contributed by atoms with Crippen molar-refractivity contribution in [3.63, 3.8) is 0 Å². The first kappa shape index (κ1) is 9.68. The van der Waals surface area contributed by atoms with Gasteiger partial charge < -0.3 is 5.32 Å². The number of rotatable bonds is 2. The highest BCUT2D eigenvalue weighted by Gasteiger charge is 2.43. The number of amides is 1. The number of piperidine rings is 1. The second-order valence-electron chi connectivity index (χ2n) is 3.74. The SMILES string of the molecule is CCON1C(=O)C=CC12CCNCC2. The molecule has 0 aliphatic carbocycles. The Hall–Kier alpha value is -0.870. The van der Waals surface area contributed by atoms with Crippen LogP contribution in [0, 0.1) is 0 Å². The zero-order valence-corrected chi connectivity index (χ0v) is 8.45. The minimum atomic E-state index is -0.168. The Bertz CT molecular complexity index is 257. The lowest BCUT2D eigenvalue weighted by Crippen LogP contribution is -2.52. The monoisotopic (exact) mass is 196 g/mol. The molecule has 1 N–H and O–H groups in total. The van der Waals surface area contributed by atoms with E-state index in [1.807, 2.05) is 13.0 Å². The van der Waals surface area contributed by atoms with Crippen molar-refractivity contribution in [1.82, 2.24) is 10.4 Å². The van der Waals surface area contributed by atoms with Crippen LogP contribution in [-0.4, -0.2) is 36.2 Å². The van der Waals surface area contributed by atoms with E-state index in [4.69, 9.17) is 4.84 Å². The maximum atomic E-state index is 11.5. The smallest absolute Gasteiger partial charge is 0.270 e. The van der Waals surface area contributed by atoms with Gasteiger partial charge in [0.25, 0.3) is 5.91 Å². The first-order valence-corrected chi connectivity index (χ1v) is 5.15. The van der Waals surface area contributed by atoms with Crippen LogP contribution in [0.25, 0.3) is 0 Å². The number of carbonyl (C=O) groups excluding carboxylic acids is 1. The molecule has 1 amide bonds. The molecule has 0 aromatic rings. The summed E-state index contributed by atoms with van der Waals surface area (Å²) in [6, 6.07) is 0. The molecule has 2 rings (SSSR count). The molecule has 4 heteroatoms. The highest BCUT2D eigenvalue weighted by molar-refractivity contribution is 5.90. The van der Waals surface area contributed by atoms with Crippen LogP contribution in [0.3, 0.4) is 0 Å². The third-order valence-electron chi connectivity index (χ3n) is 2.87. The molecule has 1 spiro atoms. The number of hydroxylamine groups is 2. The maximum Gasteiger partial charge on any atom is 0.270 e. The summed E-state index contributed by atoms with van der Waals surface area (Å²) in [5.41, 5.74) is -0.168. The molecule has 0 bridgehead atoms. The molecule has 14 heavy (non-hydrogen) atoms. The second-order valence-corrected chi connectivity index (χ2v) is 3.74.